The Morgan fingerprint density at radius 2 is 2.04 bits per heavy atom. The minimum absolute atomic E-state index is 0. The largest absolute Gasteiger partial charge is 0.444 e. The zero-order valence-electron chi connectivity index (χ0n) is 13.8. The second-order valence-electron chi connectivity index (χ2n) is 5.82. The van der Waals surface area contributed by atoms with Gasteiger partial charge in [-0.2, -0.15) is 0 Å². The lowest BCUT2D eigenvalue weighted by molar-refractivity contribution is -0.126. The zero-order valence-corrected chi connectivity index (χ0v) is 14.7. The third-order valence-electron chi connectivity index (χ3n) is 3.60. The molecule has 132 valence electrons. The Balaban J connectivity index is 0.00000288. The smallest absolute Gasteiger partial charge is 0.239 e. The topological polar surface area (TPSA) is 81.2 Å². The molecule has 0 aliphatic carbocycles. The van der Waals surface area contributed by atoms with E-state index in [1.807, 2.05) is 6.92 Å². The monoisotopic (exact) mass is 355 g/mol. The maximum absolute atomic E-state index is 12.9. The Bertz CT molecular complexity index is 656. The van der Waals surface area contributed by atoms with Crippen molar-refractivity contribution in [2.45, 2.75) is 38.6 Å². The molecule has 1 amide bonds. The van der Waals surface area contributed by atoms with E-state index in [1.165, 1.54) is 12.1 Å². The van der Waals surface area contributed by atoms with Crippen LogP contribution in [-0.2, 0) is 11.2 Å². The molecule has 0 fully saturated rings. The molecule has 1 unspecified atom stereocenters. The van der Waals surface area contributed by atoms with Crippen molar-refractivity contribution in [1.29, 1.82) is 0 Å². The molecule has 7 heteroatoms. The van der Waals surface area contributed by atoms with Crippen molar-refractivity contribution >= 4 is 18.3 Å². The first-order valence-electron chi connectivity index (χ1n) is 7.70. The normalized spacial score (nSPS) is 13.0. The number of rotatable bonds is 7. The Kier molecular flexibility index (Phi) is 7.38. The van der Waals surface area contributed by atoms with Gasteiger partial charge >= 0.3 is 0 Å². The molecule has 0 aliphatic heterocycles. The van der Waals surface area contributed by atoms with Gasteiger partial charge in [-0.25, -0.2) is 9.37 Å². The van der Waals surface area contributed by atoms with Crippen LogP contribution >= 0.6 is 12.4 Å². The summed E-state index contributed by atoms with van der Waals surface area (Å²) in [6, 6.07) is 5.93. The highest BCUT2D eigenvalue weighted by atomic mass is 35.5. The van der Waals surface area contributed by atoms with Crippen LogP contribution in [0.3, 0.4) is 0 Å². The van der Waals surface area contributed by atoms with Gasteiger partial charge in [0.25, 0.3) is 0 Å². The Hall–Kier alpha value is -1.92. The number of aromatic nitrogens is 1. The molecule has 24 heavy (non-hydrogen) atoms. The Morgan fingerprint density at radius 1 is 1.38 bits per heavy atom. The van der Waals surface area contributed by atoms with Crippen molar-refractivity contribution in [3.8, 4) is 11.5 Å². The first-order valence-corrected chi connectivity index (χ1v) is 7.70. The number of amides is 1. The predicted molar refractivity (Wildman–Crippen MR) is 93.4 cm³/mol. The molecule has 1 atom stereocenters. The fourth-order valence-corrected chi connectivity index (χ4v) is 2.29. The van der Waals surface area contributed by atoms with Gasteiger partial charge in [0.2, 0.25) is 11.8 Å². The third-order valence-corrected chi connectivity index (χ3v) is 3.60. The van der Waals surface area contributed by atoms with Crippen LogP contribution in [0.1, 0.15) is 32.4 Å². The molecule has 1 heterocycles. The summed E-state index contributed by atoms with van der Waals surface area (Å²) in [7, 11) is 0. The molecule has 2 rings (SSSR count). The minimum Gasteiger partial charge on any atom is -0.444 e. The molecule has 3 N–H and O–H groups in total. The lowest BCUT2D eigenvalue weighted by Crippen LogP contribution is -2.51. The van der Waals surface area contributed by atoms with Crippen LogP contribution in [0.25, 0.3) is 11.5 Å². The van der Waals surface area contributed by atoms with E-state index >= 15 is 0 Å². The van der Waals surface area contributed by atoms with E-state index in [1.54, 1.807) is 25.3 Å². The van der Waals surface area contributed by atoms with Crippen molar-refractivity contribution in [3.63, 3.8) is 0 Å². The first kappa shape index (κ1) is 20.1. The second kappa shape index (κ2) is 8.80. The summed E-state index contributed by atoms with van der Waals surface area (Å²) < 4.78 is 18.3. The Morgan fingerprint density at radius 3 is 2.67 bits per heavy atom. The summed E-state index contributed by atoms with van der Waals surface area (Å²) in [5, 5.41) is 2.82. The summed E-state index contributed by atoms with van der Waals surface area (Å²) in [4.78, 5) is 16.3. The van der Waals surface area contributed by atoms with E-state index < -0.39 is 5.54 Å². The molecular weight excluding hydrogens is 333 g/mol. The summed E-state index contributed by atoms with van der Waals surface area (Å²) in [6.07, 6.45) is 3.57. The molecule has 1 aromatic heterocycles. The van der Waals surface area contributed by atoms with E-state index in [-0.39, 0.29) is 24.1 Å². The van der Waals surface area contributed by atoms with Crippen molar-refractivity contribution in [2.75, 3.05) is 6.54 Å². The summed E-state index contributed by atoms with van der Waals surface area (Å²) in [5.74, 6) is -0.0391. The molecule has 5 nitrogen and oxygen atoms in total. The number of hydrogen-bond donors (Lipinski definition) is 2. The zero-order chi connectivity index (χ0) is 16.9. The number of nitrogens with zero attached hydrogens (tertiary/aromatic N) is 1. The maximum atomic E-state index is 12.9. The number of oxazole rings is 1. The molecule has 0 radical (unpaired) electrons. The quantitative estimate of drug-likeness (QED) is 0.799. The van der Waals surface area contributed by atoms with Crippen LogP contribution in [0.4, 0.5) is 4.39 Å². The lowest BCUT2D eigenvalue weighted by atomic mass is 9.96. The van der Waals surface area contributed by atoms with Crippen LogP contribution in [0.5, 0.6) is 0 Å². The summed E-state index contributed by atoms with van der Waals surface area (Å²) in [6.45, 7) is 4.16. The highest BCUT2D eigenvalue weighted by molar-refractivity contribution is 5.85. The number of nitrogens with one attached hydrogen (secondary N) is 1. The van der Waals surface area contributed by atoms with Crippen LogP contribution in [0.15, 0.2) is 34.9 Å². The van der Waals surface area contributed by atoms with Gasteiger partial charge in [-0.05, 0) is 37.6 Å². The van der Waals surface area contributed by atoms with Gasteiger partial charge in [0.05, 0.1) is 11.2 Å². The lowest BCUT2D eigenvalue weighted by Gasteiger charge is -2.22. The van der Waals surface area contributed by atoms with E-state index in [0.29, 0.717) is 30.8 Å². The average Bonchev–Trinajstić information content (AvgIpc) is 2.96. The summed E-state index contributed by atoms with van der Waals surface area (Å²) >= 11 is 0. The Labute approximate surface area is 147 Å². The minimum atomic E-state index is -0.849. The highest BCUT2D eigenvalue weighted by Gasteiger charge is 2.26. The van der Waals surface area contributed by atoms with E-state index in [4.69, 9.17) is 10.2 Å². The van der Waals surface area contributed by atoms with Crippen molar-refractivity contribution in [2.24, 2.45) is 5.73 Å². The maximum Gasteiger partial charge on any atom is 0.239 e. The first-order chi connectivity index (χ1) is 10.9. The molecule has 1 aromatic carbocycles. The fourth-order valence-electron chi connectivity index (χ4n) is 2.29. The van der Waals surface area contributed by atoms with Gasteiger partial charge in [-0.1, -0.05) is 13.3 Å². The average molecular weight is 356 g/mol. The van der Waals surface area contributed by atoms with Gasteiger partial charge < -0.3 is 15.5 Å². The molecule has 0 bridgehead atoms. The number of nitrogens with two attached hydrogens (primary N) is 1. The standard InChI is InChI=1S/C17H22FN3O2.ClH/c1-3-9-17(2,19)16(22)20-10-8-14-11-23-15(21-14)12-4-6-13(18)7-5-12;/h4-7,11H,3,8-10,19H2,1-2H3,(H,20,22);1H. The van der Waals surface area contributed by atoms with Crippen LogP contribution in [0.2, 0.25) is 0 Å². The number of carbonyl (C=O) groups is 1. The van der Waals surface area contributed by atoms with E-state index in [9.17, 15) is 9.18 Å². The van der Waals surface area contributed by atoms with Gasteiger partial charge in [0.15, 0.2) is 0 Å². The van der Waals surface area contributed by atoms with Crippen molar-refractivity contribution < 1.29 is 13.6 Å². The molecule has 0 saturated heterocycles. The number of halogens is 2. The van der Waals surface area contributed by atoms with Gasteiger partial charge in [-0.3, -0.25) is 4.79 Å². The fraction of sp³-hybridized carbons (Fsp3) is 0.412. The predicted octanol–water partition coefficient (Wildman–Crippen LogP) is 3.08. The van der Waals surface area contributed by atoms with Gasteiger partial charge in [0.1, 0.15) is 12.1 Å². The van der Waals surface area contributed by atoms with Crippen LogP contribution in [-0.4, -0.2) is 23.0 Å². The van der Waals surface area contributed by atoms with E-state index in [0.717, 1.165) is 12.1 Å². The third kappa shape index (κ3) is 5.32. The molecule has 2 aromatic rings. The molecule has 0 spiro atoms. The van der Waals surface area contributed by atoms with Crippen LogP contribution in [0, 0.1) is 5.82 Å². The highest BCUT2D eigenvalue weighted by Crippen LogP contribution is 2.19. The van der Waals surface area contributed by atoms with Gasteiger partial charge in [0, 0.05) is 18.5 Å². The number of benzene rings is 1. The van der Waals surface area contributed by atoms with Crippen molar-refractivity contribution in [3.05, 3.63) is 42.0 Å². The van der Waals surface area contributed by atoms with Crippen LogP contribution < -0.4 is 11.1 Å². The molecular formula is C17H23ClFN3O2. The molecule has 0 saturated carbocycles. The van der Waals surface area contributed by atoms with Crippen molar-refractivity contribution in [1.82, 2.24) is 10.3 Å². The van der Waals surface area contributed by atoms with Gasteiger partial charge in [-0.15, -0.1) is 12.4 Å². The molecule has 0 aliphatic rings. The number of carbonyl (C=O) groups excluding carboxylic acids is 1. The number of hydrogen-bond acceptors (Lipinski definition) is 4. The van der Waals surface area contributed by atoms with E-state index in [2.05, 4.69) is 10.3 Å². The summed E-state index contributed by atoms with van der Waals surface area (Å²) in [5.41, 5.74) is 6.55. The second-order valence-corrected chi connectivity index (χ2v) is 5.82. The SMILES string of the molecule is CCCC(C)(N)C(=O)NCCc1coc(-c2ccc(F)cc2)n1.Cl.